The van der Waals surface area contributed by atoms with Crippen LogP contribution < -0.4 is 4.74 Å². The fourth-order valence-corrected chi connectivity index (χ4v) is 5.35. The quantitative estimate of drug-likeness (QED) is 0.157. The second-order valence-corrected chi connectivity index (χ2v) is 9.46. The van der Waals surface area contributed by atoms with E-state index in [0.29, 0.717) is 23.4 Å². The molecule has 2 heterocycles. The van der Waals surface area contributed by atoms with Gasteiger partial charge < -0.3 is 14.0 Å². The number of carbonyl (C=O) groups is 2. The van der Waals surface area contributed by atoms with Crippen molar-refractivity contribution >= 4 is 28.4 Å². The number of nitrogens with zero attached hydrogens (tertiary/aromatic N) is 2. The summed E-state index contributed by atoms with van der Waals surface area (Å²) in [5.41, 5.74) is 6.09. The van der Waals surface area contributed by atoms with Crippen LogP contribution in [0.1, 0.15) is 38.9 Å². The lowest BCUT2D eigenvalue weighted by Gasteiger charge is -2.11. The normalized spacial score (nSPS) is 11.2. The lowest BCUT2D eigenvalue weighted by Crippen LogP contribution is -2.14. The van der Waals surface area contributed by atoms with Crippen molar-refractivity contribution in [2.45, 2.75) is 13.5 Å². The van der Waals surface area contributed by atoms with Crippen LogP contribution in [0.4, 0.5) is 0 Å². The van der Waals surface area contributed by atoms with Gasteiger partial charge in [0.2, 0.25) is 5.78 Å². The maximum absolute atomic E-state index is 14.3. The number of esters is 1. The van der Waals surface area contributed by atoms with Gasteiger partial charge >= 0.3 is 5.97 Å². The number of hydrogen-bond acceptors (Lipinski definition) is 4. The number of ketones is 1. The molecule has 40 heavy (non-hydrogen) atoms. The largest absolute Gasteiger partial charge is 0.497 e. The number of ether oxygens (including phenoxy) is 2. The summed E-state index contributed by atoms with van der Waals surface area (Å²) in [6.45, 7) is 2.50. The van der Waals surface area contributed by atoms with E-state index < -0.39 is 5.97 Å². The summed E-state index contributed by atoms with van der Waals surface area (Å²) in [4.78, 5) is 28.1. The highest BCUT2D eigenvalue weighted by atomic mass is 16.5. The number of methoxy groups -OCH3 is 1. The van der Waals surface area contributed by atoms with Crippen molar-refractivity contribution in [3.05, 3.63) is 132 Å². The zero-order valence-electron chi connectivity index (χ0n) is 22.3. The van der Waals surface area contributed by atoms with Gasteiger partial charge in [0.05, 0.1) is 30.3 Å². The molecule has 0 aliphatic carbocycles. The number of imidazole rings is 1. The highest BCUT2D eigenvalue weighted by molar-refractivity contribution is 6.19. The molecule has 0 unspecified atom stereocenters. The first-order valence-electron chi connectivity index (χ1n) is 13.2. The smallest absolute Gasteiger partial charge is 0.341 e. The first-order chi connectivity index (χ1) is 19.6. The van der Waals surface area contributed by atoms with E-state index >= 15 is 0 Å². The van der Waals surface area contributed by atoms with Crippen molar-refractivity contribution in [1.82, 2.24) is 8.97 Å². The summed E-state index contributed by atoms with van der Waals surface area (Å²) >= 11 is 0. The molecular weight excluding hydrogens is 500 g/mol. The maximum atomic E-state index is 14.3. The summed E-state index contributed by atoms with van der Waals surface area (Å²) in [5.74, 6) is -0.0880. The van der Waals surface area contributed by atoms with E-state index in [9.17, 15) is 9.59 Å². The molecule has 0 atom stereocenters. The summed E-state index contributed by atoms with van der Waals surface area (Å²) in [7, 11) is 1.62. The SMILES string of the molecule is CCOC(=O)c1c(-c2ccc(OC)cc2)c2n(Cc3ccccc3)c3ccccc3n2c1C(=O)c1ccccc1. The molecule has 0 radical (unpaired) electrons. The average molecular weight is 529 g/mol. The molecule has 0 bridgehead atoms. The summed E-state index contributed by atoms with van der Waals surface area (Å²) in [6, 6.07) is 34.7. The molecule has 6 heteroatoms. The Labute approximate surface area is 232 Å². The van der Waals surface area contributed by atoms with E-state index in [0.717, 1.165) is 27.8 Å². The standard InChI is InChI=1S/C34H28N2O4/c1-3-40-34(38)30-29(24-18-20-26(39-2)21-19-24)33-35(22-23-12-6-4-7-13-23)27-16-10-11-17-28(27)36(33)31(30)32(37)25-14-8-5-9-15-25/h4-21H,3,22H2,1-2H3. The first-order valence-corrected chi connectivity index (χ1v) is 13.2. The Kier molecular flexibility index (Phi) is 6.66. The topological polar surface area (TPSA) is 61.9 Å². The molecule has 0 spiro atoms. The number of fused-ring (bicyclic) bond motifs is 3. The molecule has 0 saturated carbocycles. The third-order valence-electron chi connectivity index (χ3n) is 7.11. The van der Waals surface area contributed by atoms with Gasteiger partial charge in [0.15, 0.2) is 0 Å². The number of para-hydroxylation sites is 2. The Morgan fingerprint density at radius 3 is 2.02 bits per heavy atom. The Bertz CT molecular complexity index is 1830. The van der Waals surface area contributed by atoms with Crippen molar-refractivity contribution in [2.75, 3.05) is 13.7 Å². The predicted octanol–water partition coefficient (Wildman–Crippen LogP) is 7.03. The van der Waals surface area contributed by atoms with Crippen LogP contribution in [0.15, 0.2) is 109 Å². The fraction of sp³-hybridized carbons (Fsp3) is 0.118. The van der Waals surface area contributed by atoms with Gasteiger partial charge in [-0.3, -0.25) is 9.20 Å². The fourth-order valence-electron chi connectivity index (χ4n) is 5.35. The summed E-state index contributed by atoms with van der Waals surface area (Å²) in [5, 5.41) is 0. The van der Waals surface area contributed by atoms with Gasteiger partial charge in [-0.15, -0.1) is 0 Å². The number of rotatable bonds is 8. The van der Waals surface area contributed by atoms with Crippen molar-refractivity contribution in [2.24, 2.45) is 0 Å². The lowest BCUT2D eigenvalue weighted by atomic mass is 9.98. The summed E-state index contributed by atoms with van der Waals surface area (Å²) in [6.07, 6.45) is 0. The highest BCUT2D eigenvalue weighted by Crippen LogP contribution is 2.40. The van der Waals surface area contributed by atoms with Gasteiger partial charge in [-0.1, -0.05) is 84.9 Å². The van der Waals surface area contributed by atoms with E-state index in [4.69, 9.17) is 9.47 Å². The van der Waals surface area contributed by atoms with E-state index in [2.05, 4.69) is 16.7 Å². The zero-order chi connectivity index (χ0) is 27.6. The van der Waals surface area contributed by atoms with Crippen LogP contribution in [0.3, 0.4) is 0 Å². The molecule has 0 saturated heterocycles. The lowest BCUT2D eigenvalue weighted by molar-refractivity contribution is 0.0524. The Hall–Kier alpha value is -5.10. The first kappa shape index (κ1) is 25.2. The molecule has 6 aromatic rings. The number of benzene rings is 4. The third-order valence-corrected chi connectivity index (χ3v) is 7.11. The molecule has 0 fully saturated rings. The molecule has 198 valence electrons. The van der Waals surface area contributed by atoms with E-state index in [1.807, 2.05) is 89.3 Å². The van der Waals surface area contributed by atoms with E-state index in [-0.39, 0.29) is 23.6 Å². The van der Waals surface area contributed by atoms with Crippen molar-refractivity contribution in [3.63, 3.8) is 0 Å². The number of hydrogen-bond donors (Lipinski definition) is 0. The third kappa shape index (κ3) is 4.24. The summed E-state index contributed by atoms with van der Waals surface area (Å²) < 4.78 is 15.1. The van der Waals surface area contributed by atoms with Gasteiger partial charge in [-0.2, -0.15) is 0 Å². The second kappa shape index (κ2) is 10.6. The van der Waals surface area contributed by atoms with E-state index in [1.54, 1.807) is 26.2 Å². The van der Waals surface area contributed by atoms with Crippen LogP contribution >= 0.6 is 0 Å². The molecule has 6 rings (SSSR count). The molecule has 0 N–H and O–H groups in total. The Morgan fingerprint density at radius 1 is 0.750 bits per heavy atom. The highest BCUT2D eigenvalue weighted by Gasteiger charge is 2.33. The second-order valence-electron chi connectivity index (χ2n) is 9.46. The van der Waals surface area contributed by atoms with Gasteiger partial charge in [0, 0.05) is 17.7 Å². The Balaban J connectivity index is 1.78. The van der Waals surface area contributed by atoms with E-state index in [1.165, 1.54) is 0 Å². The molecule has 4 aromatic carbocycles. The number of carbonyl (C=O) groups excluding carboxylic acids is 2. The van der Waals surface area contributed by atoms with Crippen LogP contribution in [0, 0.1) is 0 Å². The van der Waals surface area contributed by atoms with Crippen molar-refractivity contribution in [1.29, 1.82) is 0 Å². The van der Waals surface area contributed by atoms with Gasteiger partial charge in [0.1, 0.15) is 17.1 Å². The van der Waals surface area contributed by atoms with Crippen LogP contribution in [0.5, 0.6) is 5.75 Å². The molecule has 2 aromatic heterocycles. The monoisotopic (exact) mass is 528 g/mol. The minimum Gasteiger partial charge on any atom is -0.497 e. The minimum absolute atomic E-state index is 0.185. The maximum Gasteiger partial charge on any atom is 0.341 e. The van der Waals surface area contributed by atoms with Crippen molar-refractivity contribution < 1.29 is 19.1 Å². The van der Waals surface area contributed by atoms with Crippen LogP contribution in [-0.2, 0) is 11.3 Å². The van der Waals surface area contributed by atoms with Crippen LogP contribution in [0.2, 0.25) is 0 Å². The van der Waals surface area contributed by atoms with Crippen molar-refractivity contribution in [3.8, 4) is 16.9 Å². The van der Waals surface area contributed by atoms with Crippen LogP contribution in [-0.4, -0.2) is 34.4 Å². The molecule has 6 nitrogen and oxygen atoms in total. The zero-order valence-corrected chi connectivity index (χ0v) is 22.3. The van der Waals surface area contributed by atoms with Gasteiger partial charge in [-0.25, -0.2) is 4.79 Å². The molecular formula is C34H28N2O4. The van der Waals surface area contributed by atoms with Crippen LogP contribution in [0.25, 0.3) is 27.8 Å². The average Bonchev–Trinajstić information content (AvgIpc) is 3.51. The molecule has 0 amide bonds. The Morgan fingerprint density at radius 2 is 1.38 bits per heavy atom. The molecule has 0 aliphatic heterocycles. The number of aromatic nitrogens is 2. The molecule has 0 aliphatic rings. The minimum atomic E-state index is -0.536. The van der Waals surface area contributed by atoms with Gasteiger partial charge in [0.25, 0.3) is 0 Å². The predicted molar refractivity (Wildman–Crippen MR) is 156 cm³/mol. The van der Waals surface area contributed by atoms with Gasteiger partial charge in [-0.05, 0) is 42.3 Å².